The highest BCUT2D eigenvalue weighted by Crippen LogP contribution is 2.22. The van der Waals surface area contributed by atoms with Gasteiger partial charge in [-0.05, 0) is 22.9 Å². The van der Waals surface area contributed by atoms with E-state index in [1.807, 2.05) is 48.5 Å². The smallest absolute Gasteiger partial charge is 0.0979 e. The fourth-order valence-electron chi connectivity index (χ4n) is 2.31. The van der Waals surface area contributed by atoms with Crippen LogP contribution in [0.5, 0.6) is 0 Å². The van der Waals surface area contributed by atoms with Crippen LogP contribution in [0, 0.1) is 12.4 Å². The monoisotopic (exact) mass is 254 g/mol. The summed E-state index contributed by atoms with van der Waals surface area (Å²) in [7, 11) is 0. The van der Waals surface area contributed by atoms with Gasteiger partial charge in [0.15, 0.2) is 0 Å². The van der Waals surface area contributed by atoms with E-state index in [1.165, 1.54) is 0 Å². The number of pyridine rings is 2. The Labute approximate surface area is 116 Å². The third-order valence-corrected chi connectivity index (χ3v) is 3.36. The largest absolute Gasteiger partial charge is 0.244 e. The second kappa shape index (κ2) is 4.42. The molecule has 2 radical (unpaired) electrons. The van der Waals surface area contributed by atoms with Crippen molar-refractivity contribution < 1.29 is 0 Å². The van der Waals surface area contributed by atoms with Crippen LogP contribution in [0.25, 0.3) is 32.9 Å². The van der Waals surface area contributed by atoms with E-state index in [0.29, 0.717) is 0 Å². The molecule has 0 bridgehead atoms. The lowest BCUT2D eigenvalue weighted by Crippen LogP contribution is -1.88. The van der Waals surface area contributed by atoms with Crippen LogP contribution >= 0.6 is 0 Å². The maximum atomic E-state index is 4.38. The summed E-state index contributed by atoms with van der Waals surface area (Å²) in [6, 6.07) is 20.2. The molecule has 0 unspecified atom stereocenters. The zero-order chi connectivity index (χ0) is 13.4. The van der Waals surface area contributed by atoms with E-state index in [-0.39, 0.29) is 0 Å². The van der Waals surface area contributed by atoms with Crippen LogP contribution < -0.4 is 0 Å². The first-order valence-corrected chi connectivity index (χ1v) is 6.45. The molecule has 0 N–H and O–H groups in total. The highest BCUT2D eigenvalue weighted by Gasteiger charge is 2.04. The number of hydrogen-bond donors (Lipinski definition) is 0. The highest BCUT2D eigenvalue weighted by atomic mass is 14.8. The molecule has 0 saturated heterocycles. The summed E-state index contributed by atoms with van der Waals surface area (Å²) in [5.41, 5.74) is 1.65. The van der Waals surface area contributed by atoms with Gasteiger partial charge in [0.05, 0.1) is 23.8 Å². The van der Waals surface area contributed by atoms with E-state index in [4.69, 9.17) is 0 Å². The van der Waals surface area contributed by atoms with Gasteiger partial charge in [-0.2, -0.15) is 0 Å². The van der Waals surface area contributed by atoms with Crippen molar-refractivity contribution in [1.29, 1.82) is 0 Å². The number of nitrogens with zero attached hydrogens (tertiary/aromatic N) is 2. The van der Waals surface area contributed by atoms with Crippen molar-refractivity contribution in [2.75, 3.05) is 0 Å². The Morgan fingerprint density at radius 3 is 1.55 bits per heavy atom. The average Bonchev–Trinajstić information content (AvgIpc) is 2.54. The standard InChI is InChI=1S/C18H10N2/c1-3-7-15-11-19-17(9-13(15)5-1)18-10-14-6-2-4-8-16(14)12-20-18/h1-10H. The zero-order valence-corrected chi connectivity index (χ0v) is 10.7. The van der Waals surface area contributed by atoms with Crippen molar-refractivity contribution >= 4 is 21.5 Å². The summed E-state index contributed by atoms with van der Waals surface area (Å²) < 4.78 is 0. The maximum Gasteiger partial charge on any atom is 0.0979 e. The first-order valence-electron chi connectivity index (χ1n) is 6.45. The number of hydrogen-bond acceptors (Lipinski definition) is 2. The number of benzene rings is 2. The Bertz CT molecular complexity index is 836. The summed E-state index contributed by atoms with van der Waals surface area (Å²) in [4.78, 5) is 8.75. The summed E-state index contributed by atoms with van der Waals surface area (Å²) in [6.07, 6.45) is 6.12. The summed E-state index contributed by atoms with van der Waals surface area (Å²) in [5, 5.41) is 4.27. The Kier molecular flexibility index (Phi) is 2.46. The Balaban J connectivity index is 1.91. The topological polar surface area (TPSA) is 25.8 Å². The van der Waals surface area contributed by atoms with Crippen molar-refractivity contribution in [3.05, 3.63) is 73.1 Å². The molecule has 4 aromatic rings. The van der Waals surface area contributed by atoms with Crippen LogP contribution in [0.3, 0.4) is 0 Å². The molecule has 0 fully saturated rings. The quantitative estimate of drug-likeness (QED) is 0.512. The summed E-state index contributed by atoms with van der Waals surface area (Å²) in [6.45, 7) is 0. The van der Waals surface area contributed by atoms with Crippen LogP contribution in [0.2, 0.25) is 0 Å². The van der Waals surface area contributed by atoms with Crippen molar-refractivity contribution in [1.82, 2.24) is 9.97 Å². The molecule has 2 nitrogen and oxygen atoms in total. The normalized spacial score (nSPS) is 11.0. The molecule has 2 aromatic heterocycles. The second-order valence-corrected chi connectivity index (χ2v) is 4.68. The van der Waals surface area contributed by atoms with Gasteiger partial charge in [-0.15, -0.1) is 0 Å². The molecule has 2 heteroatoms. The number of rotatable bonds is 1. The minimum absolute atomic E-state index is 0.825. The van der Waals surface area contributed by atoms with Crippen LogP contribution in [0.1, 0.15) is 0 Å². The van der Waals surface area contributed by atoms with Gasteiger partial charge in [-0.3, -0.25) is 0 Å². The molecule has 0 aliphatic heterocycles. The SMILES string of the molecule is [c]1nc(-c2cc3ccccc3[c]n2)cc2ccccc12. The van der Waals surface area contributed by atoms with Gasteiger partial charge in [-0.25, -0.2) is 9.97 Å². The van der Waals surface area contributed by atoms with Crippen LogP contribution in [-0.4, -0.2) is 9.97 Å². The van der Waals surface area contributed by atoms with Gasteiger partial charge in [-0.1, -0.05) is 48.5 Å². The second-order valence-electron chi connectivity index (χ2n) is 4.68. The molecule has 2 aromatic carbocycles. The zero-order valence-electron chi connectivity index (χ0n) is 10.7. The molecular formula is C18H10N2. The third-order valence-electron chi connectivity index (χ3n) is 3.36. The number of fused-ring (bicyclic) bond motifs is 2. The molecule has 20 heavy (non-hydrogen) atoms. The van der Waals surface area contributed by atoms with E-state index in [1.54, 1.807) is 0 Å². The third kappa shape index (κ3) is 1.82. The lowest BCUT2D eigenvalue weighted by atomic mass is 10.1. The molecule has 0 atom stereocenters. The van der Waals surface area contributed by atoms with Crippen molar-refractivity contribution in [3.8, 4) is 11.4 Å². The van der Waals surface area contributed by atoms with Gasteiger partial charge < -0.3 is 0 Å². The van der Waals surface area contributed by atoms with Crippen LogP contribution in [0.4, 0.5) is 0 Å². The van der Waals surface area contributed by atoms with Crippen molar-refractivity contribution in [3.63, 3.8) is 0 Å². The minimum atomic E-state index is 0.825. The number of aromatic nitrogens is 2. The van der Waals surface area contributed by atoms with Crippen molar-refractivity contribution in [2.24, 2.45) is 0 Å². The first kappa shape index (κ1) is 11.1. The van der Waals surface area contributed by atoms with Gasteiger partial charge >= 0.3 is 0 Å². The molecule has 2 heterocycles. The molecular weight excluding hydrogens is 244 g/mol. The van der Waals surface area contributed by atoms with Gasteiger partial charge in [0.1, 0.15) is 0 Å². The molecule has 0 aliphatic carbocycles. The molecule has 0 saturated carbocycles. The van der Waals surface area contributed by atoms with E-state index < -0.39 is 0 Å². The van der Waals surface area contributed by atoms with E-state index in [9.17, 15) is 0 Å². The lowest BCUT2D eigenvalue weighted by molar-refractivity contribution is 1.26. The van der Waals surface area contributed by atoms with Crippen molar-refractivity contribution in [2.45, 2.75) is 0 Å². The molecule has 92 valence electrons. The highest BCUT2D eigenvalue weighted by molar-refractivity contribution is 5.87. The maximum absolute atomic E-state index is 4.38. The van der Waals surface area contributed by atoms with Gasteiger partial charge in [0.25, 0.3) is 0 Å². The Morgan fingerprint density at radius 2 is 1.05 bits per heavy atom. The van der Waals surface area contributed by atoms with Crippen LogP contribution in [0.15, 0.2) is 60.7 Å². The Hall–Kier alpha value is -2.74. The summed E-state index contributed by atoms with van der Waals surface area (Å²) in [5.74, 6) is 0. The van der Waals surface area contributed by atoms with E-state index >= 15 is 0 Å². The predicted octanol–water partition coefficient (Wildman–Crippen LogP) is 4.05. The average molecular weight is 254 g/mol. The van der Waals surface area contributed by atoms with E-state index in [0.717, 1.165) is 32.9 Å². The van der Waals surface area contributed by atoms with Gasteiger partial charge in [0, 0.05) is 10.8 Å². The first-order chi connectivity index (χ1) is 9.90. The molecule has 4 rings (SSSR count). The fourth-order valence-corrected chi connectivity index (χ4v) is 2.31. The van der Waals surface area contributed by atoms with E-state index in [2.05, 4.69) is 34.5 Å². The molecule has 0 amide bonds. The molecule has 0 aliphatic rings. The summed E-state index contributed by atoms with van der Waals surface area (Å²) >= 11 is 0. The lowest BCUT2D eigenvalue weighted by Gasteiger charge is -2.03. The van der Waals surface area contributed by atoms with Gasteiger partial charge in [0.2, 0.25) is 0 Å². The predicted molar refractivity (Wildman–Crippen MR) is 80.2 cm³/mol. The van der Waals surface area contributed by atoms with Crippen LogP contribution in [-0.2, 0) is 0 Å². The molecule has 0 spiro atoms. The minimum Gasteiger partial charge on any atom is -0.244 e. The fraction of sp³-hybridized carbons (Fsp3) is 0. The Morgan fingerprint density at radius 1 is 0.600 bits per heavy atom.